The van der Waals surface area contributed by atoms with E-state index in [1.54, 1.807) is 11.9 Å². The molecular formula is C21H25Cl2N7O3S. The Labute approximate surface area is 210 Å². The maximum absolute atomic E-state index is 13.5. The first-order valence-corrected chi connectivity index (χ1v) is 11.4. The Morgan fingerprint density at radius 3 is 2.53 bits per heavy atom. The van der Waals surface area contributed by atoms with Crippen LogP contribution in [0.1, 0.15) is 5.56 Å². The van der Waals surface area contributed by atoms with E-state index in [9.17, 15) is 14.4 Å². The van der Waals surface area contributed by atoms with Crippen LogP contribution >= 0.6 is 35.3 Å². The van der Waals surface area contributed by atoms with Gasteiger partial charge in [0.1, 0.15) is 6.54 Å². The van der Waals surface area contributed by atoms with Gasteiger partial charge in [0.15, 0.2) is 16.3 Å². The number of carbonyl (C=O) groups is 1. The number of likely N-dealkylation sites (N-methyl/N-ethyl adjacent to an activating group) is 1. The van der Waals surface area contributed by atoms with Gasteiger partial charge >= 0.3 is 5.69 Å². The van der Waals surface area contributed by atoms with Crippen LogP contribution < -0.4 is 16.1 Å². The molecule has 0 aliphatic carbocycles. The molecule has 0 aliphatic heterocycles. The molecule has 1 amide bonds. The van der Waals surface area contributed by atoms with E-state index >= 15 is 0 Å². The summed E-state index contributed by atoms with van der Waals surface area (Å²) in [6.07, 6.45) is 1.41. The summed E-state index contributed by atoms with van der Waals surface area (Å²) in [5, 5.41) is 1.18. The molecule has 0 atom stereocenters. The lowest BCUT2D eigenvalue weighted by Crippen LogP contribution is -2.40. The van der Waals surface area contributed by atoms with Crippen molar-refractivity contribution in [2.24, 2.45) is 14.1 Å². The van der Waals surface area contributed by atoms with E-state index in [0.717, 1.165) is 20.3 Å². The van der Waals surface area contributed by atoms with Gasteiger partial charge < -0.3 is 9.47 Å². The molecule has 0 N–H and O–H groups in total. The van der Waals surface area contributed by atoms with Crippen LogP contribution in [0.5, 0.6) is 0 Å². The van der Waals surface area contributed by atoms with Gasteiger partial charge in [0.25, 0.3) is 5.56 Å². The van der Waals surface area contributed by atoms with Gasteiger partial charge in [-0.05, 0) is 38.7 Å². The van der Waals surface area contributed by atoms with Crippen LogP contribution in [0, 0.1) is 6.92 Å². The second kappa shape index (κ2) is 9.87. The first-order chi connectivity index (χ1) is 15.6. The molecule has 0 unspecified atom stereocenters. The number of halogens is 2. The molecule has 34 heavy (non-hydrogen) atoms. The highest BCUT2D eigenvalue weighted by Crippen LogP contribution is 2.33. The van der Waals surface area contributed by atoms with Crippen molar-refractivity contribution in [3.63, 3.8) is 0 Å². The van der Waals surface area contributed by atoms with Crippen molar-refractivity contribution in [3.05, 3.63) is 49.9 Å². The maximum atomic E-state index is 13.5. The van der Waals surface area contributed by atoms with Gasteiger partial charge in [-0.2, -0.15) is 0 Å². The molecule has 182 valence electrons. The Kier molecular flexibility index (Phi) is 7.51. The third kappa shape index (κ3) is 4.48. The Hall–Kier alpha value is -2.73. The molecule has 0 radical (unpaired) electrons. The van der Waals surface area contributed by atoms with Crippen LogP contribution in [0.25, 0.3) is 21.4 Å². The lowest BCUT2D eigenvalue weighted by molar-refractivity contribution is -0.119. The second-order valence-electron chi connectivity index (χ2n) is 8.11. The number of aromatic nitrogens is 5. The van der Waals surface area contributed by atoms with Crippen LogP contribution in [-0.2, 0) is 25.4 Å². The first-order valence-electron chi connectivity index (χ1n) is 10.2. The van der Waals surface area contributed by atoms with E-state index in [0.29, 0.717) is 23.2 Å². The summed E-state index contributed by atoms with van der Waals surface area (Å²) < 4.78 is 4.72. The molecule has 4 aromatic rings. The van der Waals surface area contributed by atoms with E-state index in [1.165, 1.54) is 33.8 Å². The highest BCUT2D eigenvalue weighted by Gasteiger charge is 2.23. The fourth-order valence-electron chi connectivity index (χ4n) is 3.58. The number of anilines is 1. The molecule has 0 bridgehead atoms. The zero-order chi connectivity index (χ0) is 24.0. The van der Waals surface area contributed by atoms with E-state index in [1.807, 2.05) is 38.1 Å². The third-order valence-corrected chi connectivity index (χ3v) is 7.02. The highest BCUT2D eigenvalue weighted by atomic mass is 35.5. The number of benzene rings is 1. The lowest BCUT2D eigenvalue weighted by Gasteiger charge is -2.22. The number of imidazole rings is 1. The standard InChI is InChI=1S/C21H24ClN7O3S.ClH/c1-12-13(22)6-7-14-16(12)24-20(33-14)29(9-8-25(2)3)15(30)10-28-11-23-18-17(28)19(31)27(5)21(32)26(18)4;/h6-7,11H,8-10H2,1-5H3;1H. The minimum atomic E-state index is -0.497. The Morgan fingerprint density at radius 1 is 1.15 bits per heavy atom. The van der Waals surface area contributed by atoms with E-state index in [4.69, 9.17) is 16.6 Å². The van der Waals surface area contributed by atoms with Gasteiger partial charge in [-0.15, -0.1) is 12.4 Å². The van der Waals surface area contributed by atoms with Crippen molar-refractivity contribution in [2.75, 3.05) is 32.1 Å². The maximum Gasteiger partial charge on any atom is 0.332 e. The molecule has 3 heterocycles. The molecule has 0 aliphatic rings. The second-order valence-corrected chi connectivity index (χ2v) is 9.53. The summed E-state index contributed by atoms with van der Waals surface area (Å²) in [4.78, 5) is 50.9. The number of thiazole rings is 1. The molecule has 10 nitrogen and oxygen atoms in total. The fraction of sp³-hybridized carbons (Fsp3) is 0.381. The van der Waals surface area contributed by atoms with E-state index in [2.05, 4.69) is 4.98 Å². The van der Waals surface area contributed by atoms with Crippen LogP contribution in [0.4, 0.5) is 5.13 Å². The molecular weight excluding hydrogens is 501 g/mol. The zero-order valence-corrected chi connectivity index (χ0v) is 21.8. The summed E-state index contributed by atoms with van der Waals surface area (Å²) in [6.45, 7) is 2.83. The smallest absolute Gasteiger partial charge is 0.315 e. The Bertz CT molecular complexity index is 1500. The molecule has 13 heteroatoms. The summed E-state index contributed by atoms with van der Waals surface area (Å²) in [6, 6.07) is 3.72. The number of rotatable bonds is 6. The fourth-order valence-corrected chi connectivity index (χ4v) is 4.80. The average Bonchev–Trinajstić information content (AvgIpc) is 3.38. The predicted molar refractivity (Wildman–Crippen MR) is 138 cm³/mol. The van der Waals surface area contributed by atoms with E-state index < -0.39 is 11.2 Å². The lowest BCUT2D eigenvalue weighted by atomic mass is 10.2. The Balaban J connectivity index is 0.00000324. The molecule has 0 fully saturated rings. The zero-order valence-electron chi connectivity index (χ0n) is 19.4. The number of hydrogen-bond donors (Lipinski definition) is 0. The molecule has 0 spiro atoms. The number of nitrogens with zero attached hydrogens (tertiary/aromatic N) is 7. The third-order valence-electron chi connectivity index (χ3n) is 5.56. The number of carbonyl (C=O) groups excluding carboxylic acids is 1. The summed E-state index contributed by atoms with van der Waals surface area (Å²) in [7, 11) is 6.81. The van der Waals surface area contributed by atoms with Gasteiger partial charge in [-0.3, -0.25) is 23.6 Å². The highest BCUT2D eigenvalue weighted by molar-refractivity contribution is 7.22. The molecule has 3 aromatic heterocycles. The molecule has 0 saturated heterocycles. The van der Waals surface area contributed by atoms with Crippen molar-refractivity contribution in [3.8, 4) is 0 Å². The predicted octanol–water partition coefficient (Wildman–Crippen LogP) is 2.02. The minimum Gasteiger partial charge on any atom is -0.315 e. The molecule has 1 aromatic carbocycles. The largest absolute Gasteiger partial charge is 0.332 e. The topological polar surface area (TPSA) is 98.3 Å². The molecule has 4 rings (SSSR count). The molecule has 0 saturated carbocycles. The van der Waals surface area contributed by atoms with Gasteiger partial charge in [0, 0.05) is 32.2 Å². The van der Waals surface area contributed by atoms with Crippen molar-refractivity contribution < 1.29 is 4.79 Å². The van der Waals surface area contributed by atoms with Crippen LogP contribution in [-0.4, -0.2) is 61.7 Å². The van der Waals surface area contributed by atoms with Gasteiger partial charge in [0.2, 0.25) is 5.91 Å². The Morgan fingerprint density at radius 2 is 1.85 bits per heavy atom. The quantitative estimate of drug-likeness (QED) is 0.382. The van der Waals surface area contributed by atoms with Crippen molar-refractivity contribution in [2.45, 2.75) is 13.5 Å². The van der Waals surface area contributed by atoms with Crippen LogP contribution in [0.2, 0.25) is 5.02 Å². The van der Waals surface area contributed by atoms with Crippen molar-refractivity contribution in [1.82, 2.24) is 28.6 Å². The van der Waals surface area contributed by atoms with Gasteiger partial charge in [0.05, 0.1) is 16.5 Å². The van der Waals surface area contributed by atoms with Crippen molar-refractivity contribution in [1.29, 1.82) is 0 Å². The number of amides is 1. The van der Waals surface area contributed by atoms with Gasteiger partial charge in [-0.25, -0.2) is 14.8 Å². The van der Waals surface area contributed by atoms with Gasteiger partial charge in [-0.1, -0.05) is 22.9 Å². The van der Waals surface area contributed by atoms with Crippen LogP contribution in [0.15, 0.2) is 28.0 Å². The summed E-state index contributed by atoms with van der Waals surface area (Å²) in [5.41, 5.74) is 1.10. The number of hydrogen-bond acceptors (Lipinski definition) is 7. The number of aryl methyl sites for hydroxylation is 2. The normalized spacial score (nSPS) is 11.4. The first kappa shape index (κ1) is 25.9. The van der Waals surface area contributed by atoms with Crippen molar-refractivity contribution >= 4 is 67.8 Å². The monoisotopic (exact) mass is 525 g/mol. The number of fused-ring (bicyclic) bond motifs is 2. The summed E-state index contributed by atoms with van der Waals surface area (Å²) in [5.74, 6) is -0.241. The SMILES string of the molecule is Cc1c(Cl)ccc2sc(N(CCN(C)C)C(=O)Cn3cnc4c3c(=O)n(C)c(=O)n4C)nc12.Cl. The average molecular weight is 526 g/mol. The minimum absolute atomic E-state index is 0. The van der Waals surface area contributed by atoms with Crippen LogP contribution in [0.3, 0.4) is 0 Å². The summed E-state index contributed by atoms with van der Waals surface area (Å²) >= 11 is 7.67. The van der Waals surface area contributed by atoms with E-state index in [-0.39, 0.29) is 36.0 Å².